The highest BCUT2D eigenvalue weighted by atomic mass is 16.5. The third-order valence-corrected chi connectivity index (χ3v) is 3.32. The Hall–Kier alpha value is -1.80. The quantitative estimate of drug-likeness (QED) is 0.722. The summed E-state index contributed by atoms with van der Waals surface area (Å²) in [6.07, 6.45) is 3.60. The van der Waals surface area contributed by atoms with Crippen LogP contribution in [0.15, 0.2) is 60.7 Å². The zero-order valence-electron chi connectivity index (χ0n) is 11.7. The van der Waals surface area contributed by atoms with Crippen molar-refractivity contribution in [2.45, 2.75) is 31.8 Å². The van der Waals surface area contributed by atoms with Gasteiger partial charge in [0.05, 0.1) is 12.7 Å². The first-order valence-electron chi connectivity index (χ1n) is 7.27. The number of rotatable bonds is 8. The molecule has 0 aromatic heterocycles. The fourth-order valence-corrected chi connectivity index (χ4v) is 2.17. The summed E-state index contributed by atoms with van der Waals surface area (Å²) in [4.78, 5) is 0. The van der Waals surface area contributed by atoms with E-state index in [0.717, 1.165) is 43.6 Å². The van der Waals surface area contributed by atoms with Crippen LogP contribution in [0.3, 0.4) is 0 Å². The lowest BCUT2D eigenvalue weighted by atomic mass is 10.0. The minimum atomic E-state index is -0.341. The highest BCUT2D eigenvalue weighted by molar-refractivity contribution is 5.20. The second-order valence-corrected chi connectivity index (χ2v) is 4.94. The van der Waals surface area contributed by atoms with Crippen LogP contribution >= 0.6 is 0 Å². The average Bonchev–Trinajstić information content (AvgIpc) is 2.52. The van der Waals surface area contributed by atoms with Crippen molar-refractivity contribution in [3.8, 4) is 5.75 Å². The summed E-state index contributed by atoms with van der Waals surface area (Å²) in [5.41, 5.74) is 1.01. The Labute approximate surface area is 121 Å². The van der Waals surface area contributed by atoms with Gasteiger partial charge in [-0.2, -0.15) is 0 Å². The van der Waals surface area contributed by atoms with Gasteiger partial charge in [-0.1, -0.05) is 55.0 Å². The summed E-state index contributed by atoms with van der Waals surface area (Å²) in [6.45, 7) is 0.742. The molecule has 106 valence electrons. The first-order valence-corrected chi connectivity index (χ1v) is 7.27. The van der Waals surface area contributed by atoms with Crippen LogP contribution in [0.25, 0.3) is 0 Å². The van der Waals surface area contributed by atoms with E-state index in [1.807, 2.05) is 60.7 Å². The Morgan fingerprint density at radius 2 is 1.45 bits per heavy atom. The van der Waals surface area contributed by atoms with E-state index >= 15 is 0 Å². The predicted molar refractivity (Wildman–Crippen MR) is 81.8 cm³/mol. The van der Waals surface area contributed by atoms with Crippen molar-refractivity contribution in [3.63, 3.8) is 0 Å². The van der Waals surface area contributed by atoms with Gasteiger partial charge in [0, 0.05) is 0 Å². The smallest absolute Gasteiger partial charge is 0.119 e. The molecule has 0 aliphatic rings. The van der Waals surface area contributed by atoms with Crippen LogP contribution in [0, 0.1) is 0 Å². The van der Waals surface area contributed by atoms with E-state index in [1.165, 1.54) is 0 Å². The van der Waals surface area contributed by atoms with Crippen LogP contribution < -0.4 is 4.74 Å². The highest BCUT2D eigenvalue weighted by Crippen LogP contribution is 2.19. The molecule has 0 bridgehead atoms. The second kappa shape index (κ2) is 8.39. The molecule has 1 N–H and O–H groups in total. The van der Waals surface area contributed by atoms with E-state index in [0.29, 0.717) is 0 Å². The average molecular weight is 270 g/mol. The molecule has 0 saturated heterocycles. The first kappa shape index (κ1) is 14.6. The van der Waals surface area contributed by atoms with Crippen LogP contribution in [-0.4, -0.2) is 11.7 Å². The minimum absolute atomic E-state index is 0.341. The van der Waals surface area contributed by atoms with Gasteiger partial charge in [0.1, 0.15) is 5.75 Å². The standard InChI is InChI=1S/C18H22O2/c19-18(16-10-4-1-5-11-16)14-8-3-9-15-20-17-12-6-2-7-13-17/h1-2,4-7,10-13,18-19H,3,8-9,14-15H2. The Bertz CT molecular complexity index is 467. The molecule has 0 heterocycles. The number of para-hydroxylation sites is 1. The van der Waals surface area contributed by atoms with E-state index in [9.17, 15) is 5.11 Å². The van der Waals surface area contributed by atoms with Crippen molar-refractivity contribution in [1.29, 1.82) is 0 Å². The lowest BCUT2D eigenvalue weighted by molar-refractivity contribution is 0.162. The van der Waals surface area contributed by atoms with Gasteiger partial charge in [-0.15, -0.1) is 0 Å². The Morgan fingerprint density at radius 3 is 2.15 bits per heavy atom. The largest absolute Gasteiger partial charge is 0.494 e. The third-order valence-electron chi connectivity index (χ3n) is 3.32. The Balaban J connectivity index is 1.56. The molecule has 2 aromatic carbocycles. The van der Waals surface area contributed by atoms with Gasteiger partial charge >= 0.3 is 0 Å². The van der Waals surface area contributed by atoms with Crippen molar-refractivity contribution in [1.82, 2.24) is 0 Å². The normalized spacial score (nSPS) is 12.1. The molecular formula is C18H22O2. The summed E-state index contributed by atoms with van der Waals surface area (Å²) in [6, 6.07) is 19.7. The topological polar surface area (TPSA) is 29.5 Å². The van der Waals surface area contributed by atoms with Crippen LogP contribution in [0.2, 0.25) is 0 Å². The van der Waals surface area contributed by atoms with Crippen molar-refractivity contribution >= 4 is 0 Å². The van der Waals surface area contributed by atoms with Crippen LogP contribution in [-0.2, 0) is 0 Å². The van der Waals surface area contributed by atoms with E-state index in [1.54, 1.807) is 0 Å². The van der Waals surface area contributed by atoms with Gasteiger partial charge in [0.15, 0.2) is 0 Å². The second-order valence-electron chi connectivity index (χ2n) is 4.94. The lowest BCUT2D eigenvalue weighted by Gasteiger charge is -2.10. The SMILES string of the molecule is OC(CCCCCOc1ccccc1)c1ccccc1. The molecule has 2 aromatic rings. The van der Waals surface area contributed by atoms with E-state index in [-0.39, 0.29) is 6.10 Å². The summed E-state index contributed by atoms with van der Waals surface area (Å²) in [5.74, 6) is 0.928. The molecule has 0 aliphatic carbocycles. The fourth-order valence-electron chi connectivity index (χ4n) is 2.17. The molecule has 0 fully saturated rings. The van der Waals surface area contributed by atoms with Gasteiger partial charge in [0.25, 0.3) is 0 Å². The zero-order chi connectivity index (χ0) is 14.0. The van der Waals surface area contributed by atoms with Gasteiger partial charge in [-0.3, -0.25) is 0 Å². The van der Waals surface area contributed by atoms with Crippen molar-refractivity contribution in [2.24, 2.45) is 0 Å². The molecule has 0 radical (unpaired) electrons. The van der Waals surface area contributed by atoms with Gasteiger partial charge in [-0.05, 0) is 37.0 Å². The number of aliphatic hydroxyl groups is 1. The highest BCUT2D eigenvalue weighted by Gasteiger charge is 2.05. The van der Waals surface area contributed by atoms with Crippen molar-refractivity contribution in [2.75, 3.05) is 6.61 Å². The lowest BCUT2D eigenvalue weighted by Crippen LogP contribution is -1.99. The van der Waals surface area contributed by atoms with Gasteiger partial charge < -0.3 is 9.84 Å². The maximum absolute atomic E-state index is 10.0. The number of unbranched alkanes of at least 4 members (excludes halogenated alkanes) is 2. The summed E-state index contributed by atoms with van der Waals surface area (Å²) in [5, 5.41) is 10.0. The maximum atomic E-state index is 10.0. The van der Waals surface area contributed by atoms with Crippen LogP contribution in [0.1, 0.15) is 37.4 Å². The van der Waals surface area contributed by atoms with Crippen LogP contribution in [0.5, 0.6) is 5.75 Å². The molecule has 2 nitrogen and oxygen atoms in total. The molecule has 2 rings (SSSR count). The number of hydrogen-bond acceptors (Lipinski definition) is 2. The molecule has 0 saturated carbocycles. The monoisotopic (exact) mass is 270 g/mol. The molecule has 2 heteroatoms. The van der Waals surface area contributed by atoms with Crippen molar-refractivity contribution in [3.05, 3.63) is 66.2 Å². The zero-order valence-corrected chi connectivity index (χ0v) is 11.7. The molecule has 0 spiro atoms. The molecule has 0 aliphatic heterocycles. The molecule has 0 amide bonds. The van der Waals surface area contributed by atoms with Crippen LogP contribution in [0.4, 0.5) is 0 Å². The maximum Gasteiger partial charge on any atom is 0.119 e. The fraction of sp³-hybridized carbons (Fsp3) is 0.333. The Kier molecular flexibility index (Phi) is 6.12. The number of hydrogen-bond donors (Lipinski definition) is 1. The number of ether oxygens (including phenoxy) is 1. The summed E-state index contributed by atoms with van der Waals surface area (Å²) in [7, 11) is 0. The first-order chi connectivity index (χ1) is 9.86. The predicted octanol–water partition coefficient (Wildman–Crippen LogP) is 4.36. The van der Waals surface area contributed by atoms with Crippen molar-refractivity contribution < 1.29 is 9.84 Å². The molecule has 1 unspecified atom stereocenters. The van der Waals surface area contributed by atoms with E-state index < -0.39 is 0 Å². The molecule has 20 heavy (non-hydrogen) atoms. The third kappa shape index (κ3) is 5.06. The summed E-state index contributed by atoms with van der Waals surface area (Å²) < 4.78 is 5.64. The minimum Gasteiger partial charge on any atom is -0.494 e. The van der Waals surface area contributed by atoms with Gasteiger partial charge in [0.2, 0.25) is 0 Å². The van der Waals surface area contributed by atoms with Gasteiger partial charge in [-0.25, -0.2) is 0 Å². The number of aliphatic hydroxyl groups excluding tert-OH is 1. The molecule has 1 atom stereocenters. The van der Waals surface area contributed by atoms with E-state index in [2.05, 4.69) is 0 Å². The Morgan fingerprint density at radius 1 is 0.800 bits per heavy atom. The van der Waals surface area contributed by atoms with E-state index in [4.69, 9.17) is 4.74 Å². The molecular weight excluding hydrogens is 248 g/mol. The summed E-state index contributed by atoms with van der Waals surface area (Å²) >= 11 is 0. The number of benzene rings is 2.